The van der Waals surface area contributed by atoms with Gasteiger partial charge >= 0.3 is 0 Å². The van der Waals surface area contributed by atoms with Crippen molar-refractivity contribution in [2.24, 2.45) is 4.99 Å². The van der Waals surface area contributed by atoms with Gasteiger partial charge in [-0.3, -0.25) is 9.67 Å². The summed E-state index contributed by atoms with van der Waals surface area (Å²) in [5.74, 6) is -0.189. The Bertz CT molecular complexity index is 1220. The lowest BCUT2D eigenvalue weighted by Crippen LogP contribution is -2.37. The zero-order chi connectivity index (χ0) is 23.3. The van der Waals surface area contributed by atoms with Crippen molar-refractivity contribution in [3.63, 3.8) is 0 Å². The summed E-state index contributed by atoms with van der Waals surface area (Å²) in [5, 5.41) is 4.50. The SMILES string of the molecule is COc1cc2c(cc1-c1cnn(C3CC3)c1)N(C(C)c1cccc(C(F)F)c1F)[C@@H](C)N=C2. The van der Waals surface area contributed by atoms with Crippen molar-refractivity contribution < 1.29 is 17.9 Å². The molecule has 1 unspecified atom stereocenters. The van der Waals surface area contributed by atoms with Crippen molar-refractivity contribution >= 4 is 11.9 Å². The highest BCUT2D eigenvalue weighted by Gasteiger charge is 2.31. The molecule has 8 heteroatoms. The molecule has 2 heterocycles. The lowest BCUT2D eigenvalue weighted by atomic mass is 9.97. The van der Waals surface area contributed by atoms with Crippen LogP contribution in [0.4, 0.5) is 18.9 Å². The number of hydrogen-bond acceptors (Lipinski definition) is 4. The zero-order valence-electron chi connectivity index (χ0n) is 18.7. The molecule has 1 fully saturated rings. The minimum absolute atomic E-state index is 0.210. The first-order valence-electron chi connectivity index (χ1n) is 11.0. The number of fused-ring (bicyclic) bond motifs is 1. The molecule has 33 heavy (non-hydrogen) atoms. The Labute approximate surface area is 190 Å². The third-order valence-electron chi connectivity index (χ3n) is 6.45. The molecule has 0 spiro atoms. The summed E-state index contributed by atoms with van der Waals surface area (Å²) in [6, 6.07) is 7.99. The fraction of sp³-hybridized carbons (Fsp3) is 0.360. The summed E-state index contributed by atoms with van der Waals surface area (Å²) in [5.41, 5.74) is 3.07. The minimum atomic E-state index is -2.87. The van der Waals surface area contributed by atoms with E-state index in [1.165, 1.54) is 6.07 Å². The Morgan fingerprint density at radius 1 is 1.15 bits per heavy atom. The Hall–Kier alpha value is -3.29. The summed E-state index contributed by atoms with van der Waals surface area (Å²) < 4.78 is 49.3. The topological polar surface area (TPSA) is 42.6 Å². The smallest absolute Gasteiger partial charge is 0.266 e. The summed E-state index contributed by atoms with van der Waals surface area (Å²) in [6.07, 6.45) is 4.69. The summed E-state index contributed by atoms with van der Waals surface area (Å²) in [6.45, 7) is 3.71. The van der Waals surface area contributed by atoms with Crippen molar-refractivity contribution in [3.05, 3.63) is 65.2 Å². The molecule has 0 amide bonds. The normalized spacial score (nSPS) is 18.5. The number of anilines is 1. The van der Waals surface area contributed by atoms with E-state index in [0.29, 0.717) is 11.8 Å². The van der Waals surface area contributed by atoms with Gasteiger partial charge in [0.2, 0.25) is 0 Å². The van der Waals surface area contributed by atoms with Crippen LogP contribution < -0.4 is 9.64 Å². The number of aliphatic imine (C=N–C) groups is 1. The average molecular weight is 454 g/mol. The van der Waals surface area contributed by atoms with Gasteiger partial charge in [-0.25, -0.2) is 13.2 Å². The van der Waals surface area contributed by atoms with E-state index in [0.717, 1.165) is 41.3 Å². The first-order chi connectivity index (χ1) is 15.9. The molecular formula is C25H25F3N4O. The lowest BCUT2D eigenvalue weighted by Gasteiger charge is -2.38. The van der Waals surface area contributed by atoms with Gasteiger partial charge < -0.3 is 9.64 Å². The van der Waals surface area contributed by atoms with E-state index < -0.39 is 23.8 Å². The van der Waals surface area contributed by atoms with Gasteiger partial charge in [-0.05, 0) is 38.8 Å². The van der Waals surface area contributed by atoms with E-state index in [9.17, 15) is 8.78 Å². The molecule has 1 saturated carbocycles. The van der Waals surface area contributed by atoms with Gasteiger partial charge in [0.05, 0.1) is 31.0 Å². The van der Waals surface area contributed by atoms with Crippen LogP contribution in [0.15, 0.2) is 47.7 Å². The zero-order valence-corrected chi connectivity index (χ0v) is 18.7. The van der Waals surface area contributed by atoms with E-state index in [1.54, 1.807) is 19.4 Å². The maximum atomic E-state index is 15.0. The molecule has 2 atom stereocenters. The number of methoxy groups -OCH3 is 1. The molecule has 2 aromatic carbocycles. The van der Waals surface area contributed by atoms with Gasteiger partial charge in [-0.2, -0.15) is 5.10 Å². The van der Waals surface area contributed by atoms with Crippen molar-refractivity contribution in [2.45, 2.75) is 51.4 Å². The summed E-state index contributed by atoms with van der Waals surface area (Å²) >= 11 is 0. The van der Waals surface area contributed by atoms with Crippen LogP contribution in [0, 0.1) is 5.82 Å². The van der Waals surface area contributed by atoms with E-state index in [1.807, 2.05) is 48.0 Å². The number of ether oxygens (including phenoxy) is 1. The van der Waals surface area contributed by atoms with Crippen molar-refractivity contribution in [1.29, 1.82) is 0 Å². The average Bonchev–Trinajstić information content (AvgIpc) is 3.54. The second-order valence-electron chi connectivity index (χ2n) is 8.60. The Morgan fingerprint density at radius 2 is 1.91 bits per heavy atom. The second kappa shape index (κ2) is 8.24. The largest absolute Gasteiger partial charge is 0.496 e. The van der Waals surface area contributed by atoms with Crippen molar-refractivity contribution in [3.8, 4) is 16.9 Å². The van der Waals surface area contributed by atoms with Crippen LogP contribution >= 0.6 is 0 Å². The molecule has 5 rings (SSSR count). The molecule has 1 aliphatic carbocycles. The first-order valence-corrected chi connectivity index (χ1v) is 11.0. The summed E-state index contributed by atoms with van der Waals surface area (Å²) in [7, 11) is 1.62. The minimum Gasteiger partial charge on any atom is -0.496 e. The molecule has 1 aliphatic heterocycles. The Kier molecular flexibility index (Phi) is 5.38. The number of alkyl halides is 2. The molecule has 1 aromatic heterocycles. The van der Waals surface area contributed by atoms with Gasteiger partial charge in [0.25, 0.3) is 6.43 Å². The van der Waals surface area contributed by atoms with Crippen LogP contribution in [0.5, 0.6) is 5.75 Å². The van der Waals surface area contributed by atoms with Crippen LogP contribution in [0.25, 0.3) is 11.1 Å². The van der Waals surface area contributed by atoms with E-state index in [4.69, 9.17) is 4.74 Å². The quantitative estimate of drug-likeness (QED) is 0.438. The van der Waals surface area contributed by atoms with Gasteiger partial charge in [-0.1, -0.05) is 18.2 Å². The van der Waals surface area contributed by atoms with Gasteiger partial charge in [-0.15, -0.1) is 0 Å². The highest BCUT2D eigenvalue weighted by Crippen LogP contribution is 2.43. The number of nitrogens with zero attached hydrogens (tertiary/aromatic N) is 4. The first kappa shape index (κ1) is 21.6. The highest BCUT2D eigenvalue weighted by atomic mass is 19.3. The van der Waals surface area contributed by atoms with Crippen LogP contribution in [0.3, 0.4) is 0 Å². The van der Waals surface area contributed by atoms with Crippen LogP contribution in [-0.2, 0) is 0 Å². The van der Waals surface area contributed by atoms with Gasteiger partial charge in [0.15, 0.2) is 0 Å². The molecule has 0 N–H and O–H groups in total. The molecule has 3 aromatic rings. The van der Waals surface area contributed by atoms with Crippen LogP contribution in [0.1, 0.15) is 61.9 Å². The predicted molar refractivity (Wildman–Crippen MR) is 122 cm³/mol. The number of hydrogen-bond donors (Lipinski definition) is 0. The maximum Gasteiger partial charge on any atom is 0.266 e. The molecule has 2 aliphatic rings. The molecule has 5 nitrogen and oxygen atoms in total. The molecule has 0 bridgehead atoms. The van der Waals surface area contributed by atoms with Crippen molar-refractivity contribution in [1.82, 2.24) is 9.78 Å². The summed E-state index contributed by atoms with van der Waals surface area (Å²) in [4.78, 5) is 6.51. The second-order valence-corrected chi connectivity index (χ2v) is 8.60. The number of aromatic nitrogens is 2. The lowest BCUT2D eigenvalue weighted by molar-refractivity contribution is 0.146. The number of halogens is 3. The predicted octanol–water partition coefficient (Wildman–Crippen LogP) is 6.32. The highest BCUT2D eigenvalue weighted by molar-refractivity contribution is 5.94. The van der Waals surface area contributed by atoms with E-state index >= 15 is 4.39 Å². The number of rotatable bonds is 6. The third-order valence-corrected chi connectivity index (χ3v) is 6.45. The molecule has 172 valence electrons. The maximum absolute atomic E-state index is 15.0. The Morgan fingerprint density at radius 3 is 2.61 bits per heavy atom. The fourth-order valence-electron chi connectivity index (χ4n) is 4.52. The Balaban J connectivity index is 1.60. The van der Waals surface area contributed by atoms with Crippen LogP contribution in [0.2, 0.25) is 0 Å². The van der Waals surface area contributed by atoms with E-state index in [-0.39, 0.29) is 11.7 Å². The fourth-order valence-corrected chi connectivity index (χ4v) is 4.52. The van der Waals surface area contributed by atoms with Crippen LogP contribution in [-0.4, -0.2) is 29.3 Å². The number of benzene rings is 2. The third kappa shape index (κ3) is 3.77. The molecular weight excluding hydrogens is 429 g/mol. The standard InChI is InChI=1S/C25H25F3N4O/c1-14(19-5-4-6-20(24(19)26)25(27)28)32-15(2)29-11-16-9-23(33-3)21(10-22(16)32)17-12-30-31(13-17)18-7-8-18/h4-6,9-15,18,25H,7-8H2,1-3H3/t14?,15-/m0/s1. The van der Waals surface area contributed by atoms with Crippen molar-refractivity contribution in [2.75, 3.05) is 12.0 Å². The molecule has 0 radical (unpaired) electrons. The van der Waals surface area contributed by atoms with Gasteiger partial charge in [0, 0.05) is 40.4 Å². The monoisotopic (exact) mass is 454 g/mol. The van der Waals surface area contributed by atoms with E-state index in [2.05, 4.69) is 10.1 Å². The van der Waals surface area contributed by atoms with Gasteiger partial charge in [0.1, 0.15) is 17.7 Å². The molecule has 0 saturated heterocycles.